The number of alkyl halides is 1. The van der Waals surface area contributed by atoms with E-state index < -0.39 is 65.8 Å². The normalized spacial score (nSPS) is 22.8. The topological polar surface area (TPSA) is 121 Å². The summed E-state index contributed by atoms with van der Waals surface area (Å²) < 4.78 is 42.1. The van der Waals surface area contributed by atoms with Crippen LogP contribution in [0.25, 0.3) is 0 Å². The summed E-state index contributed by atoms with van der Waals surface area (Å²) in [5.74, 6) is -2.46. The summed E-state index contributed by atoms with van der Waals surface area (Å²) in [6.07, 6.45) is -0.415. The van der Waals surface area contributed by atoms with Crippen LogP contribution in [0.15, 0.2) is 47.4 Å². The van der Waals surface area contributed by atoms with Gasteiger partial charge in [-0.2, -0.15) is 4.31 Å². The first-order valence-corrected chi connectivity index (χ1v) is 13.7. The Kier molecular flexibility index (Phi) is 7.74. The van der Waals surface area contributed by atoms with Crippen molar-refractivity contribution in [3.63, 3.8) is 0 Å². The number of primary amides is 1. The lowest BCUT2D eigenvalue weighted by Gasteiger charge is -2.57. The first kappa shape index (κ1) is 27.6. The van der Waals surface area contributed by atoms with Crippen LogP contribution in [0.1, 0.15) is 12.0 Å². The Hall–Kier alpha value is -2.44. The van der Waals surface area contributed by atoms with Gasteiger partial charge in [0.05, 0.1) is 11.6 Å². The van der Waals surface area contributed by atoms with Crippen molar-refractivity contribution in [3.8, 4) is 0 Å². The lowest BCUT2D eigenvalue weighted by Crippen LogP contribution is -2.82. The highest BCUT2D eigenvalue weighted by Gasteiger charge is 2.64. The zero-order valence-corrected chi connectivity index (χ0v) is 22.3. The Morgan fingerprint density at radius 2 is 1.73 bits per heavy atom. The molecule has 37 heavy (non-hydrogen) atoms. The second kappa shape index (κ2) is 10.4. The standard InChI is InChI=1S/C23H22Cl3FN4O5S/c24-15-3-1-14(2-4-15)11-18-21(33)29(10-8-27)13-23(22(28)34)30(9-7-20(32)31(18)23)37(35,36)19-6-5-16(25)12-17(19)26/h1-6,12,18H,7-11,13H2,(H2,28,34). The second-order valence-electron chi connectivity index (χ2n) is 8.64. The van der Waals surface area contributed by atoms with E-state index in [0.717, 1.165) is 14.1 Å². The molecule has 0 radical (unpaired) electrons. The molecule has 0 bridgehead atoms. The Balaban J connectivity index is 1.90. The Morgan fingerprint density at radius 3 is 2.32 bits per heavy atom. The van der Waals surface area contributed by atoms with Gasteiger partial charge < -0.3 is 15.5 Å². The van der Waals surface area contributed by atoms with Crippen molar-refractivity contribution in [3.05, 3.63) is 63.1 Å². The van der Waals surface area contributed by atoms with E-state index in [1.165, 1.54) is 18.2 Å². The van der Waals surface area contributed by atoms with Crippen molar-refractivity contribution >= 4 is 62.5 Å². The average Bonchev–Trinajstić information content (AvgIpc) is 2.82. The Bertz CT molecular complexity index is 1360. The van der Waals surface area contributed by atoms with Gasteiger partial charge in [-0.15, -0.1) is 0 Å². The highest BCUT2D eigenvalue weighted by Crippen LogP contribution is 2.40. The third-order valence-corrected chi connectivity index (χ3v) is 9.37. The first-order valence-electron chi connectivity index (χ1n) is 11.1. The van der Waals surface area contributed by atoms with Gasteiger partial charge in [0, 0.05) is 36.0 Å². The maximum atomic E-state index is 13.9. The number of amides is 3. The molecule has 2 atom stereocenters. The van der Waals surface area contributed by atoms with Gasteiger partial charge in [0.1, 0.15) is 17.6 Å². The van der Waals surface area contributed by atoms with Crippen molar-refractivity contribution in [2.24, 2.45) is 5.73 Å². The minimum atomic E-state index is -4.57. The Morgan fingerprint density at radius 1 is 1.08 bits per heavy atom. The van der Waals surface area contributed by atoms with Gasteiger partial charge >= 0.3 is 0 Å². The van der Waals surface area contributed by atoms with E-state index >= 15 is 0 Å². The molecule has 198 valence electrons. The maximum Gasteiger partial charge on any atom is 0.261 e. The van der Waals surface area contributed by atoms with Crippen molar-refractivity contribution in [1.29, 1.82) is 0 Å². The Labute approximate surface area is 227 Å². The van der Waals surface area contributed by atoms with E-state index in [-0.39, 0.29) is 27.8 Å². The number of hydrogen-bond donors (Lipinski definition) is 1. The summed E-state index contributed by atoms with van der Waals surface area (Å²) in [5, 5.41) is 0.417. The van der Waals surface area contributed by atoms with E-state index in [4.69, 9.17) is 40.5 Å². The molecular formula is C23H22Cl3FN4O5S. The van der Waals surface area contributed by atoms with E-state index in [1.807, 2.05) is 0 Å². The van der Waals surface area contributed by atoms with E-state index in [2.05, 4.69) is 0 Å². The zero-order chi connectivity index (χ0) is 27.1. The molecule has 0 spiro atoms. The molecule has 2 aliphatic heterocycles. The first-order chi connectivity index (χ1) is 17.4. The van der Waals surface area contributed by atoms with Gasteiger partial charge in [-0.1, -0.05) is 46.9 Å². The predicted octanol–water partition coefficient (Wildman–Crippen LogP) is 2.47. The smallest absolute Gasteiger partial charge is 0.261 e. The molecule has 2 N–H and O–H groups in total. The molecule has 0 aliphatic carbocycles. The molecule has 2 heterocycles. The fraction of sp³-hybridized carbons (Fsp3) is 0.348. The number of carbonyl (C=O) groups excluding carboxylic acids is 3. The highest BCUT2D eigenvalue weighted by atomic mass is 35.5. The monoisotopic (exact) mass is 590 g/mol. The third-order valence-electron chi connectivity index (χ3n) is 6.48. The van der Waals surface area contributed by atoms with Gasteiger partial charge in [-0.05, 0) is 35.9 Å². The summed E-state index contributed by atoms with van der Waals surface area (Å²) in [6.45, 7) is -2.44. The molecule has 2 saturated heterocycles. The number of nitrogens with two attached hydrogens (primary N) is 1. The number of hydrogen-bond acceptors (Lipinski definition) is 5. The van der Waals surface area contributed by atoms with Crippen LogP contribution in [0, 0.1) is 0 Å². The molecule has 2 aromatic carbocycles. The van der Waals surface area contributed by atoms with Crippen LogP contribution in [0.5, 0.6) is 0 Å². The molecule has 2 fully saturated rings. The summed E-state index contributed by atoms with van der Waals surface area (Å²) >= 11 is 18.1. The van der Waals surface area contributed by atoms with Gasteiger partial charge in [0.15, 0.2) is 0 Å². The van der Waals surface area contributed by atoms with Gasteiger partial charge in [-0.3, -0.25) is 14.4 Å². The number of sulfonamides is 1. The molecule has 0 saturated carbocycles. The summed E-state index contributed by atoms with van der Waals surface area (Å²) in [4.78, 5) is 41.6. The van der Waals surface area contributed by atoms with Crippen molar-refractivity contribution < 1.29 is 27.2 Å². The molecule has 9 nitrogen and oxygen atoms in total. The van der Waals surface area contributed by atoms with Gasteiger partial charge in [0.2, 0.25) is 27.5 Å². The lowest BCUT2D eigenvalue weighted by molar-refractivity contribution is -0.185. The average molecular weight is 592 g/mol. The molecule has 4 rings (SSSR count). The lowest BCUT2D eigenvalue weighted by atomic mass is 9.91. The van der Waals surface area contributed by atoms with Gasteiger partial charge in [-0.25, -0.2) is 12.8 Å². The van der Waals surface area contributed by atoms with Crippen LogP contribution in [-0.4, -0.2) is 78.3 Å². The number of benzene rings is 2. The maximum absolute atomic E-state index is 13.9. The number of carbonyl (C=O) groups is 3. The molecule has 14 heteroatoms. The summed E-state index contributed by atoms with van der Waals surface area (Å²) in [6, 6.07) is 8.81. The fourth-order valence-electron chi connectivity index (χ4n) is 4.84. The molecule has 0 aromatic heterocycles. The van der Waals surface area contributed by atoms with Crippen LogP contribution < -0.4 is 5.73 Å². The van der Waals surface area contributed by atoms with Crippen molar-refractivity contribution in [1.82, 2.24) is 14.1 Å². The summed E-state index contributed by atoms with van der Waals surface area (Å²) in [7, 11) is -4.57. The number of nitrogens with zero attached hydrogens (tertiary/aromatic N) is 3. The third kappa shape index (κ3) is 4.79. The molecule has 2 aliphatic rings. The number of piperazine rings is 1. The van der Waals surface area contributed by atoms with Crippen LogP contribution in [0.3, 0.4) is 0 Å². The molecule has 3 amide bonds. The van der Waals surface area contributed by atoms with Crippen LogP contribution in [-0.2, 0) is 30.8 Å². The SMILES string of the molecule is NC(=O)C12CN(CCF)C(=O)C(Cc3ccc(Cl)cc3)N1C(=O)CCN2S(=O)(=O)c1ccc(Cl)cc1Cl. The van der Waals surface area contributed by atoms with Crippen LogP contribution in [0.4, 0.5) is 4.39 Å². The zero-order valence-electron chi connectivity index (χ0n) is 19.2. The van der Waals surface area contributed by atoms with Gasteiger partial charge in [0.25, 0.3) is 5.91 Å². The number of fused-ring (bicyclic) bond motifs is 1. The number of rotatable bonds is 7. The van der Waals surface area contributed by atoms with Crippen LogP contribution in [0.2, 0.25) is 15.1 Å². The number of halogens is 4. The largest absolute Gasteiger partial charge is 0.366 e. The summed E-state index contributed by atoms with van der Waals surface area (Å²) in [5.41, 5.74) is 4.10. The quantitative estimate of drug-likeness (QED) is 0.530. The minimum absolute atomic E-state index is 0.0881. The highest BCUT2D eigenvalue weighted by molar-refractivity contribution is 7.89. The second-order valence-corrected chi connectivity index (χ2v) is 11.8. The predicted molar refractivity (Wildman–Crippen MR) is 135 cm³/mol. The molecule has 2 unspecified atom stereocenters. The van der Waals surface area contributed by atoms with E-state index in [1.54, 1.807) is 24.3 Å². The van der Waals surface area contributed by atoms with Crippen LogP contribution >= 0.6 is 34.8 Å². The van der Waals surface area contributed by atoms with Crippen molar-refractivity contribution in [2.45, 2.75) is 29.4 Å². The molecular weight excluding hydrogens is 570 g/mol. The van der Waals surface area contributed by atoms with E-state index in [9.17, 15) is 27.2 Å². The van der Waals surface area contributed by atoms with E-state index in [0.29, 0.717) is 10.6 Å². The molecule has 2 aromatic rings. The minimum Gasteiger partial charge on any atom is -0.366 e. The fourth-order valence-corrected chi connectivity index (χ4v) is 7.41. The van der Waals surface area contributed by atoms with Crippen molar-refractivity contribution in [2.75, 3.05) is 26.3 Å².